The molecule has 1 unspecified atom stereocenters. The van der Waals surface area contributed by atoms with Crippen LogP contribution in [0.4, 0.5) is 10.5 Å². The number of hydrogen-bond acceptors (Lipinski definition) is 5. The van der Waals surface area contributed by atoms with Gasteiger partial charge in [-0.1, -0.05) is 0 Å². The average Bonchev–Trinajstić information content (AvgIpc) is 2.80. The lowest BCUT2D eigenvalue weighted by Gasteiger charge is -2.28. The first-order valence-electron chi connectivity index (χ1n) is 6.69. The van der Waals surface area contributed by atoms with E-state index in [1.807, 2.05) is 0 Å². The summed E-state index contributed by atoms with van der Waals surface area (Å²) in [4.78, 5) is 17.8. The number of sulfone groups is 1. The zero-order valence-electron chi connectivity index (χ0n) is 11.9. The molecule has 21 heavy (non-hydrogen) atoms. The predicted octanol–water partition coefficient (Wildman–Crippen LogP) is 0.749. The summed E-state index contributed by atoms with van der Waals surface area (Å²) < 4.78 is 28.2. The monoisotopic (exact) mass is 313 g/mol. The van der Waals surface area contributed by atoms with Crippen molar-refractivity contribution < 1.29 is 17.9 Å². The second kappa shape index (κ2) is 6.86. The molecule has 1 saturated heterocycles. The van der Waals surface area contributed by atoms with E-state index in [0.717, 1.165) is 0 Å². The molecule has 7 nitrogen and oxygen atoms in total. The molecule has 1 aliphatic rings. The van der Waals surface area contributed by atoms with Gasteiger partial charge in [0.15, 0.2) is 9.84 Å². The molecule has 0 radical (unpaired) electrons. The van der Waals surface area contributed by atoms with Crippen molar-refractivity contribution in [3.05, 3.63) is 24.5 Å². The van der Waals surface area contributed by atoms with Crippen LogP contribution in [0.25, 0.3) is 0 Å². The zero-order chi connectivity index (χ0) is 15.3. The van der Waals surface area contributed by atoms with Crippen LogP contribution in [0, 0.1) is 0 Å². The molecule has 0 spiro atoms. The van der Waals surface area contributed by atoms with E-state index in [-0.39, 0.29) is 23.6 Å². The Morgan fingerprint density at radius 2 is 2.38 bits per heavy atom. The van der Waals surface area contributed by atoms with E-state index in [0.29, 0.717) is 25.3 Å². The fourth-order valence-corrected chi connectivity index (χ4v) is 4.02. The Kier molecular flexibility index (Phi) is 5.13. The highest BCUT2D eigenvalue weighted by Gasteiger charge is 2.34. The number of carbonyl (C=O) groups is 1. The van der Waals surface area contributed by atoms with Crippen molar-refractivity contribution in [3.8, 4) is 0 Å². The Balaban J connectivity index is 2.06. The Labute approximate surface area is 124 Å². The lowest BCUT2D eigenvalue weighted by atomic mass is 10.2. The van der Waals surface area contributed by atoms with E-state index in [9.17, 15) is 13.2 Å². The first kappa shape index (κ1) is 15.7. The van der Waals surface area contributed by atoms with Gasteiger partial charge < -0.3 is 15.0 Å². The molecule has 1 aromatic heterocycles. The van der Waals surface area contributed by atoms with Gasteiger partial charge in [0.2, 0.25) is 0 Å². The molecule has 2 rings (SSSR count). The Morgan fingerprint density at radius 3 is 2.95 bits per heavy atom. The van der Waals surface area contributed by atoms with Crippen molar-refractivity contribution in [2.75, 3.05) is 37.1 Å². The van der Waals surface area contributed by atoms with Gasteiger partial charge in [0.05, 0.1) is 30.0 Å². The fourth-order valence-electron chi connectivity index (χ4n) is 2.29. The van der Waals surface area contributed by atoms with Crippen LogP contribution in [0.15, 0.2) is 24.5 Å². The molecule has 1 aliphatic heterocycles. The van der Waals surface area contributed by atoms with Gasteiger partial charge in [-0.15, -0.1) is 0 Å². The van der Waals surface area contributed by atoms with E-state index < -0.39 is 9.84 Å². The summed E-state index contributed by atoms with van der Waals surface area (Å²) in [5.41, 5.74) is 0.575. The predicted molar refractivity (Wildman–Crippen MR) is 78.9 cm³/mol. The highest BCUT2D eigenvalue weighted by molar-refractivity contribution is 7.91. The molecular formula is C13H19N3O4S. The number of aromatic nitrogens is 1. The molecule has 1 aromatic rings. The molecule has 8 heteroatoms. The lowest BCUT2D eigenvalue weighted by Crippen LogP contribution is -2.45. The van der Waals surface area contributed by atoms with Gasteiger partial charge in [0, 0.05) is 25.9 Å². The van der Waals surface area contributed by atoms with Gasteiger partial charge in [0.1, 0.15) is 0 Å². The number of nitrogens with zero attached hydrogens (tertiary/aromatic N) is 2. The minimum Gasteiger partial charge on any atom is -0.383 e. The largest absolute Gasteiger partial charge is 0.383 e. The van der Waals surface area contributed by atoms with Gasteiger partial charge in [-0.05, 0) is 18.6 Å². The summed E-state index contributed by atoms with van der Waals surface area (Å²) >= 11 is 0. The first-order chi connectivity index (χ1) is 10.0. The third-order valence-corrected chi connectivity index (χ3v) is 5.11. The lowest BCUT2D eigenvalue weighted by molar-refractivity contribution is 0.140. The van der Waals surface area contributed by atoms with Crippen LogP contribution in [0.2, 0.25) is 0 Å². The molecule has 0 aromatic carbocycles. The molecule has 0 saturated carbocycles. The van der Waals surface area contributed by atoms with Crippen LogP contribution in [0.5, 0.6) is 0 Å². The number of amides is 2. The summed E-state index contributed by atoms with van der Waals surface area (Å²) in [6, 6.07) is 2.81. The van der Waals surface area contributed by atoms with Crippen LogP contribution in [0.1, 0.15) is 6.42 Å². The molecule has 1 fully saturated rings. The van der Waals surface area contributed by atoms with E-state index in [1.54, 1.807) is 25.4 Å². The quantitative estimate of drug-likeness (QED) is 0.866. The van der Waals surface area contributed by atoms with Crippen molar-refractivity contribution in [2.24, 2.45) is 0 Å². The number of nitrogens with one attached hydrogen (secondary N) is 1. The fraction of sp³-hybridized carbons (Fsp3) is 0.538. The Morgan fingerprint density at radius 1 is 1.57 bits per heavy atom. The summed E-state index contributed by atoms with van der Waals surface area (Å²) in [6.45, 7) is 0.708. The zero-order valence-corrected chi connectivity index (χ0v) is 12.7. The maximum Gasteiger partial charge on any atom is 0.322 e. The van der Waals surface area contributed by atoms with Crippen LogP contribution < -0.4 is 5.32 Å². The molecule has 2 heterocycles. The third-order valence-electron chi connectivity index (χ3n) is 3.36. The van der Waals surface area contributed by atoms with Crippen molar-refractivity contribution in [2.45, 2.75) is 12.5 Å². The van der Waals surface area contributed by atoms with E-state index in [4.69, 9.17) is 4.74 Å². The second-order valence-electron chi connectivity index (χ2n) is 4.91. The number of rotatable bonds is 5. The summed E-state index contributed by atoms with van der Waals surface area (Å²) in [5, 5.41) is 2.73. The topological polar surface area (TPSA) is 88.6 Å². The normalized spacial score (nSPS) is 20.1. The Bertz CT molecular complexity index is 576. The molecule has 0 aliphatic carbocycles. The number of hydrogen-bond donors (Lipinski definition) is 1. The number of urea groups is 1. The number of carbonyl (C=O) groups excluding carboxylic acids is 1. The number of methoxy groups -OCH3 is 1. The molecular weight excluding hydrogens is 294 g/mol. The second-order valence-corrected chi connectivity index (χ2v) is 7.14. The van der Waals surface area contributed by atoms with Crippen LogP contribution >= 0.6 is 0 Å². The summed E-state index contributed by atoms with van der Waals surface area (Å²) in [6.07, 6.45) is 3.62. The standard InChI is InChI=1S/C13H19N3O4S/c1-20-7-6-16(12-4-8-21(18,19)10-12)13(17)15-11-3-2-5-14-9-11/h2-3,5,9,12H,4,6-8,10H2,1H3,(H,15,17). The van der Waals surface area contributed by atoms with Crippen molar-refractivity contribution >= 4 is 21.6 Å². The molecule has 1 atom stereocenters. The minimum absolute atomic E-state index is 0.0111. The van der Waals surface area contributed by atoms with Crippen molar-refractivity contribution in [1.82, 2.24) is 9.88 Å². The highest BCUT2D eigenvalue weighted by atomic mass is 32.2. The number of anilines is 1. The Hall–Kier alpha value is -1.67. The van der Waals surface area contributed by atoms with Gasteiger partial charge in [-0.3, -0.25) is 4.98 Å². The molecule has 0 bridgehead atoms. The molecule has 2 amide bonds. The minimum atomic E-state index is -3.05. The van der Waals surface area contributed by atoms with Gasteiger partial charge in [-0.2, -0.15) is 0 Å². The summed E-state index contributed by atoms with van der Waals surface area (Å²) in [5.74, 6) is 0.137. The van der Waals surface area contributed by atoms with Crippen LogP contribution in [-0.2, 0) is 14.6 Å². The smallest absolute Gasteiger partial charge is 0.322 e. The number of pyridine rings is 1. The maximum absolute atomic E-state index is 12.4. The van der Waals surface area contributed by atoms with E-state index in [1.165, 1.54) is 11.1 Å². The number of ether oxygens (including phenoxy) is 1. The third kappa shape index (κ3) is 4.40. The summed E-state index contributed by atoms with van der Waals surface area (Å²) in [7, 11) is -1.50. The van der Waals surface area contributed by atoms with Crippen molar-refractivity contribution in [1.29, 1.82) is 0 Å². The highest BCUT2D eigenvalue weighted by Crippen LogP contribution is 2.19. The van der Waals surface area contributed by atoms with Gasteiger partial charge >= 0.3 is 6.03 Å². The molecule has 1 N–H and O–H groups in total. The van der Waals surface area contributed by atoms with Crippen molar-refractivity contribution in [3.63, 3.8) is 0 Å². The van der Waals surface area contributed by atoms with E-state index in [2.05, 4.69) is 10.3 Å². The van der Waals surface area contributed by atoms with E-state index >= 15 is 0 Å². The maximum atomic E-state index is 12.4. The van der Waals surface area contributed by atoms with Gasteiger partial charge in [0.25, 0.3) is 0 Å². The molecule has 116 valence electrons. The van der Waals surface area contributed by atoms with Crippen LogP contribution in [0.3, 0.4) is 0 Å². The SMILES string of the molecule is COCCN(C(=O)Nc1cccnc1)C1CCS(=O)(=O)C1. The van der Waals surface area contributed by atoms with Crippen LogP contribution in [-0.4, -0.2) is 62.1 Å². The van der Waals surface area contributed by atoms with Gasteiger partial charge in [-0.25, -0.2) is 13.2 Å². The average molecular weight is 313 g/mol. The first-order valence-corrected chi connectivity index (χ1v) is 8.51.